The van der Waals surface area contributed by atoms with Crippen LogP contribution in [0, 0.1) is 0 Å². The highest BCUT2D eigenvalue weighted by Crippen LogP contribution is 2.53. The molecule has 0 saturated carbocycles. The van der Waals surface area contributed by atoms with E-state index in [1.165, 1.54) is 109 Å². The number of hydrogen-bond acceptors (Lipinski definition) is 2. The Bertz CT molecular complexity index is 3740. The quantitative estimate of drug-likeness (QED) is 0.161. The molecule has 1 heterocycles. The molecule has 0 bridgehead atoms. The number of fused-ring (bicyclic) bond motifs is 11. The standard InChI is InChI=1S/C64H47NS/c1-63(2)57-21-9-7-15-51(57)53-37-30-44(39-59(53)63)40-23-31-45(32-24-40)65(46-33-25-42(26-34-46)48-17-11-19-54-52-16-8-10-22-58(52)64(3,4)60(48)54)47-35-27-43(28-36-47)50-18-12-20-55-56-38-29-41-13-5-6-14-49(41)62(56)66-61(50)55/h5-39H,1-4H3. The van der Waals surface area contributed by atoms with Gasteiger partial charge in [0.15, 0.2) is 0 Å². The van der Waals surface area contributed by atoms with E-state index in [4.69, 9.17) is 0 Å². The lowest BCUT2D eigenvalue weighted by atomic mass is 9.79. The van der Waals surface area contributed by atoms with Gasteiger partial charge in [0.25, 0.3) is 0 Å². The molecular weight excluding hydrogens is 815 g/mol. The van der Waals surface area contributed by atoms with E-state index >= 15 is 0 Å². The summed E-state index contributed by atoms with van der Waals surface area (Å²) in [4.78, 5) is 2.40. The molecule has 0 N–H and O–H groups in total. The minimum atomic E-state index is -0.0940. The summed E-state index contributed by atoms with van der Waals surface area (Å²) in [6.07, 6.45) is 0. The summed E-state index contributed by atoms with van der Waals surface area (Å²) in [6.45, 7) is 9.45. The minimum Gasteiger partial charge on any atom is -0.311 e. The predicted molar refractivity (Wildman–Crippen MR) is 283 cm³/mol. The van der Waals surface area contributed by atoms with Crippen molar-refractivity contribution in [2.24, 2.45) is 0 Å². The van der Waals surface area contributed by atoms with E-state index < -0.39 is 0 Å². The zero-order valence-electron chi connectivity index (χ0n) is 37.6. The van der Waals surface area contributed by atoms with Crippen molar-refractivity contribution in [1.82, 2.24) is 0 Å². The lowest BCUT2D eigenvalue weighted by molar-refractivity contribution is 0.660. The second-order valence-electron chi connectivity index (χ2n) is 19.3. The van der Waals surface area contributed by atoms with Gasteiger partial charge in [-0.05, 0) is 131 Å². The number of anilines is 3. The molecule has 0 radical (unpaired) electrons. The normalized spacial score (nSPS) is 14.0. The maximum Gasteiger partial charge on any atom is 0.0462 e. The molecule has 0 spiro atoms. The third-order valence-electron chi connectivity index (χ3n) is 14.9. The molecule has 1 aromatic heterocycles. The van der Waals surface area contributed by atoms with Gasteiger partial charge in [-0.3, -0.25) is 0 Å². The van der Waals surface area contributed by atoms with Crippen LogP contribution in [0.25, 0.3) is 86.6 Å². The van der Waals surface area contributed by atoms with Gasteiger partial charge < -0.3 is 4.90 Å². The van der Waals surface area contributed by atoms with Crippen LogP contribution in [-0.4, -0.2) is 0 Å². The Morgan fingerprint density at radius 1 is 0.318 bits per heavy atom. The average Bonchev–Trinajstić information content (AvgIpc) is 3.95. The summed E-state index contributed by atoms with van der Waals surface area (Å²) >= 11 is 1.91. The molecule has 0 amide bonds. The summed E-state index contributed by atoms with van der Waals surface area (Å²) in [7, 11) is 0. The van der Waals surface area contributed by atoms with Gasteiger partial charge in [0.1, 0.15) is 0 Å². The van der Waals surface area contributed by atoms with Gasteiger partial charge in [-0.15, -0.1) is 11.3 Å². The van der Waals surface area contributed by atoms with Crippen LogP contribution in [0.15, 0.2) is 212 Å². The van der Waals surface area contributed by atoms with E-state index in [-0.39, 0.29) is 10.8 Å². The van der Waals surface area contributed by atoms with Crippen molar-refractivity contribution < 1.29 is 0 Å². The van der Waals surface area contributed by atoms with E-state index in [9.17, 15) is 0 Å². The highest BCUT2D eigenvalue weighted by molar-refractivity contribution is 7.27. The van der Waals surface area contributed by atoms with Crippen molar-refractivity contribution in [3.8, 4) is 55.6 Å². The van der Waals surface area contributed by atoms with E-state index in [1.807, 2.05) is 11.3 Å². The van der Waals surface area contributed by atoms with Crippen LogP contribution in [0.5, 0.6) is 0 Å². The lowest BCUT2D eigenvalue weighted by Crippen LogP contribution is -2.16. The van der Waals surface area contributed by atoms with Crippen LogP contribution < -0.4 is 4.90 Å². The second-order valence-corrected chi connectivity index (χ2v) is 20.3. The summed E-state index contributed by atoms with van der Waals surface area (Å²) in [6, 6.07) is 79.3. The molecule has 0 saturated heterocycles. The van der Waals surface area contributed by atoms with Gasteiger partial charge in [0.05, 0.1) is 0 Å². The van der Waals surface area contributed by atoms with Gasteiger partial charge in [0, 0.05) is 48.1 Å². The molecule has 11 aromatic rings. The third kappa shape index (κ3) is 5.78. The first-order valence-corrected chi connectivity index (χ1v) is 24.0. The van der Waals surface area contributed by atoms with Crippen molar-refractivity contribution in [2.45, 2.75) is 38.5 Å². The van der Waals surface area contributed by atoms with Crippen LogP contribution in [-0.2, 0) is 10.8 Å². The Morgan fingerprint density at radius 3 is 1.52 bits per heavy atom. The first-order chi connectivity index (χ1) is 32.2. The smallest absolute Gasteiger partial charge is 0.0462 e. The van der Waals surface area contributed by atoms with Gasteiger partial charge in [-0.2, -0.15) is 0 Å². The van der Waals surface area contributed by atoms with Crippen LogP contribution in [0.1, 0.15) is 49.9 Å². The topological polar surface area (TPSA) is 3.24 Å². The maximum atomic E-state index is 2.42. The highest BCUT2D eigenvalue weighted by Gasteiger charge is 2.38. The number of nitrogens with zero attached hydrogens (tertiary/aromatic N) is 1. The molecule has 1 nitrogen and oxygen atoms in total. The fraction of sp³-hybridized carbons (Fsp3) is 0.0938. The summed E-state index contributed by atoms with van der Waals surface area (Å²) in [5.41, 5.74) is 21.7. The van der Waals surface area contributed by atoms with Crippen LogP contribution in [0.3, 0.4) is 0 Å². The van der Waals surface area contributed by atoms with E-state index in [2.05, 4.69) is 245 Å². The molecule has 2 aliphatic carbocycles. The van der Waals surface area contributed by atoms with Crippen molar-refractivity contribution in [1.29, 1.82) is 0 Å². The fourth-order valence-electron chi connectivity index (χ4n) is 11.6. The molecule has 13 rings (SSSR count). The van der Waals surface area contributed by atoms with Gasteiger partial charge in [-0.1, -0.05) is 198 Å². The number of hydrogen-bond donors (Lipinski definition) is 0. The fourth-order valence-corrected chi connectivity index (χ4v) is 12.9. The average molecular weight is 862 g/mol. The summed E-state index contributed by atoms with van der Waals surface area (Å²) < 4.78 is 2.68. The Morgan fingerprint density at radius 2 is 0.803 bits per heavy atom. The molecule has 0 unspecified atom stereocenters. The zero-order valence-corrected chi connectivity index (χ0v) is 38.4. The van der Waals surface area contributed by atoms with Crippen LogP contribution >= 0.6 is 11.3 Å². The Labute approximate surface area is 390 Å². The Kier molecular flexibility index (Phi) is 8.54. The Hall–Kier alpha value is -7.52. The van der Waals surface area contributed by atoms with Gasteiger partial charge >= 0.3 is 0 Å². The van der Waals surface area contributed by atoms with Crippen molar-refractivity contribution in [2.75, 3.05) is 4.90 Å². The number of thiophene rings is 1. The molecule has 0 fully saturated rings. The van der Waals surface area contributed by atoms with Crippen molar-refractivity contribution in [3.05, 3.63) is 235 Å². The van der Waals surface area contributed by atoms with Crippen molar-refractivity contribution in [3.63, 3.8) is 0 Å². The molecule has 0 atom stereocenters. The first-order valence-electron chi connectivity index (χ1n) is 23.2. The van der Waals surface area contributed by atoms with Gasteiger partial charge in [0.2, 0.25) is 0 Å². The number of rotatable bonds is 6. The Balaban J connectivity index is 0.896. The van der Waals surface area contributed by atoms with Crippen LogP contribution in [0.4, 0.5) is 17.1 Å². The third-order valence-corrected chi connectivity index (χ3v) is 16.2. The van der Waals surface area contributed by atoms with E-state index in [1.54, 1.807) is 0 Å². The summed E-state index contributed by atoms with van der Waals surface area (Å²) in [5.74, 6) is 0. The lowest BCUT2D eigenvalue weighted by Gasteiger charge is -2.27. The molecule has 66 heavy (non-hydrogen) atoms. The molecule has 10 aromatic carbocycles. The SMILES string of the molecule is CC1(C)c2ccccc2-c2ccc(-c3ccc(N(c4ccc(-c5cccc6c5C(C)(C)c5ccccc5-6)cc4)c4ccc(-c5cccc6c5sc5c7ccccc7ccc65)cc4)cc3)cc21. The first kappa shape index (κ1) is 38.9. The molecule has 2 heteroatoms. The zero-order chi connectivity index (χ0) is 44.3. The summed E-state index contributed by atoms with van der Waals surface area (Å²) in [5, 5.41) is 5.25. The molecule has 314 valence electrons. The molecule has 2 aliphatic rings. The monoisotopic (exact) mass is 861 g/mol. The molecular formula is C64H47NS. The van der Waals surface area contributed by atoms with E-state index in [0.29, 0.717) is 0 Å². The van der Waals surface area contributed by atoms with Gasteiger partial charge in [-0.25, -0.2) is 0 Å². The van der Waals surface area contributed by atoms with Crippen molar-refractivity contribution >= 4 is 59.3 Å². The molecule has 0 aliphatic heterocycles. The van der Waals surface area contributed by atoms with Crippen LogP contribution in [0.2, 0.25) is 0 Å². The van der Waals surface area contributed by atoms with E-state index in [0.717, 1.165) is 17.1 Å². The largest absolute Gasteiger partial charge is 0.311 e. The second kappa shape index (κ2) is 14.5. The maximum absolute atomic E-state index is 2.42. The number of benzene rings is 10. The highest BCUT2D eigenvalue weighted by atomic mass is 32.1. The predicted octanol–water partition coefficient (Wildman–Crippen LogP) is 18.3. The minimum absolute atomic E-state index is 0.0482.